The lowest BCUT2D eigenvalue weighted by Crippen LogP contribution is -2.45. The van der Waals surface area contributed by atoms with Gasteiger partial charge in [0.05, 0.1) is 6.04 Å². The second-order valence-corrected chi connectivity index (χ2v) is 3.10. The number of hydrogen-bond acceptors (Lipinski definition) is 3. The molecule has 0 aliphatic rings. The molecule has 0 aromatic carbocycles. The van der Waals surface area contributed by atoms with Crippen molar-refractivity contribution in [3.05, 3.63) is 0 Å². The fourth-order valence-corrected chi connectivity index (χ4v) is 0.803. The van der Waals surface area contributed by atoms with Gasteiger partial charge in [-0.3, -0.25) is 4.79 Å². The first kappa shape index (κ1) is 10.4. The summed E-state index contributed by atoms with van der Waals surface area (Å²) in [6.07, 6.45) is 0. The van der Waals surface area contributed by atoms with Gasteiger partial charge in [-0.05, 0) is 14.1 Å². The summed E-state index contributed by atoms with van der Waals surface area (Å²) in [5.74, 6) is -0.0290. The van der Waals surface area contributed by atoms with E-state index in [4.69, 9.17) is 5.73 Å². The summed E-state index contributed by atoms with van der Waals surface area (Å²) in [7, 11) is 7.20. The zero-order chi connectivity index (χ0) is 9.02. The molecular formula is C7H17N3O. The van der Waals surface area contributed by atoms with Gasteiger partial charge in [0.25, 0.3) is 0 Å². The molecule has 0 radical (unpaired) electrons. The Balaban J connectivity index is 3.83. The summed E-state index contributed by atoms with van der Waals surface area (Å²) < 4.78 is 0. The normalized spacial score (nSPS) is 13.3. The topological polar surface area (TPSA) is 49.6 Å². The van der Waals surface area contributed by atoms with Crippen molar-refractivity contribution < 1.29 is 4.79 Å². The van der Waals surface area contributed by atoms with Crippen LogP contribution in [0.4, 0.5) is 0 Å². The van der Waals surface area contributed by atoms with Crippen molar-refractivity contribution in [1.29, 1.82) is 0 Å². The van der Waals surface area contributed by atoms with Gasteiger partial charge in [0.15, 0.2) is 0 Å². The maximum absolute atomic E-state index is 11.2. The Hall–Kier alpha value is -0.610. The van der Waals surface area contributed by atoms with E-state index >= 15 is 0 Å². The third-order valence-electron chi connectivity index (χ3n) is 1.32. The minimum Gasteiger partial charge on any atom is -0.347 e. The molecular weight excluding hydrogens is 142 g/mol. The van der Waals surface area contributed by atoms with Crippen molar-refractivity contribution in [3.8, 4) is 0 Å². The van der Waals surface area contributed by atoms with Crippen LogP contribution in [-0.2, 0) is 4.79 Å². The SMILES string of the molecule is CN(C)CC(N)C(=O)N(C)C. The maximum atomic E-state index is 11.2. The molecule has 0 bridgehead atoms. The van der Waals surface area contributed by atoms with Crippen molar-refractivity contribution in [2.45, 2.75) is 6.04 Å². The Labute approximate surface area is 67.9 Å². The van der Waals surface area contributed by atoms with Crippen LogP contribution in [0.5, 0.6) is 0 Å². The molecule has 0 fully saturated rings. The Morgan fingerprint density at radius 3 is 2.09 bits per heavy atom. The predicted molar refractivity (Wildman–Crippen MR) is 45.2 cm³/mol. The van der Waals surface area contributed by atoms with Crippen LogP contribution in [0, 0.1) is 0 Å². The van der Waals surface area contributed by atoms with Gasteiger partial charge in [0, 0.05) is 20.6 Å². The molecule has 11 heavy (non-hydrogen) atoms. The number of nitrogens with two attached hydrogens (primary N) is 1. The van der Waals surface area contributed by atoms with Crippen molar-refractivity contribution in [1.82, 2.24) is 9.80 Å². The lowest BCUT2D eigenvalue weighted by atomic mass is 10.2. The average molecular weight is 159 g/mol. The minimum absolute atomic E-state index is 0.0290. The molecule has 0 saturated heterocycles. The quantitative estimate of drug-likeness (QED) is 0.572. The highest BCUT2D eigenvalue weighted by Gasteiger charge is 2.15. The van der Waals surface area contributed by atoms with E-state index in [1.165, 1.54) is 4.90 Å². The molecule has 0 heterocycles. The van der Waals surface area contributed by atoms with E-state index in [1.807, 2.05) is 19.0 Å². The zero-order valence-corrected chi connectivity index (χ0v) is 7.66. The highest BCUT2D eigenvalue weighted by atomic mass is 16.2. The zero-order valence-electron chi connectivity index (χ0n) is 7.66. The second-order valence-electron chi connectivity index (χ2n) is 3.10. The smallest absolute Gasteiger partial charge is 0.240 e. The van der Waals surface area contributed by atoms with Gasteiger partial charge in [-0.15, -0.1) is 0 Å². The molecule has 4 nitrogen and oxygen atoms in total. The number of carbonyl (C=O) groups excluding carboxylic acids is 1. The van der Waals surface area contributed by atoms with E-state index in [0.717, 1.165) is 0 Å². The number of carbonyl (C=O) groups is 1. The van der Waals surface area contributed by atoms with Crippen LogP contribution in [0.1, 0.15) is 0 Å². The first-order valence-corrected chi connectivity index (χ1v) is 3.56. The van der Waals surface area contributed by atoms with E-state index in [1.54, 1.807) is 14.1 Å². The molecule has 0 saturated carbocycles. The molecule has 0 aliphatic carbocycles. The van der Waals surface area contributed by atoms with Gasteiger partial charge in [-0.1, -0.05) is 0 Å². The first-order valence-electron chi connectivity index (χ1n) is 3.56. The molecule has 0 aromatic heterocycles. The van der Waals surface area contributed by atoms with Gasteiger partial charge in [0.2, 0.25) is 5.91 Å². The lowest BCUT2D eigenvalue weighted by molar-refractivity contribution is -0.130. The number of nitrogens with zero attached hydrogens (tertiary/aromatic N) is 2. The second kappa shape index (κ2) is 4.31. The maximum Gasteiger partial charge on any atom is 0.240 e. The van der Waals surface area contributed by atoms with Crippen LogP contribution in [0.25, 0.3) is 0 Å². The largest absolute Gasteiger partial charge is 0.347 e. The predicted octanol–water partition coefficient (Wildman–Crippen LogP) is -1.04. The first-order chi connectivity index (χ1) is 4.95. The summed E-state index contributed by atoms with van der Waals surface area (Å²) in [4.78, 5) is 14.6. The minimum atomic E-state index is -0.403. The summed E-state index contributed by atoms with van der Waals surface area (Å²) in [6.45, 7) is 0.594. The molecule has 0 aromatic rings. The Kier molecular flexibility index (Phi) is 4.07. The van der Waals surface area contributed by atoms with Crippen molar-refractivity contribution >= 4 is 5.91 Å². The monoisotopic (exact) mass is 159 g/mol. The summed E-state index contributed by atoms with van der Waals surface area (Å²) in [5, 5.41) is 0. The van der Waals surface area contributed by atoms with Crippen LogP contribution >= 0.6 is 0 Å². The van der Waals surface area contributed by atoms with Gasteiger partial charge in [0.1, 0.15) is 0 Å². The van der Waals surface area contributed by atoms with E-state index in [9.17, 15) is 4.79 Å². The molecule has 2 N–H and O–H groups in total. The fourth-order valence-electron chi connectivity index (χ4n) is 0.803. The summed E-state index contributed by atoms with van der Waals surface area (Å²) in [5.41, 5.74) is 5.59. The van der Waals surface area contributed by atoms with Crippen LogP contribution in [0.3, 0.4) is 0 Å². The number of rotatable bonds is 3. The van der Waals surface area contributed by atoms with Gasteiger partial charge in [-0.2, -0.15) is 0 Å². The summed E-state index contributed by atoms with van der Waals surface area (Å²) in [6, 6.07) is -0.403. The number of amides is 1. The van der Waals surface area contributed by atoms with E-state index < -0.39 is 6.04 Å². The van der Waals surface area contributed by atoms with Crippen molar-refractivity contribution in [2.24, 2.45) is 5.73 Å². The highest BCUT2D eigenvalue weighted by Crippen LogP contribution is 1.87. The van der Waals surface area contributed by atoms with E-state index in [2.05, 4.69) is 0 Å². The molecule has 1 unspecified atom stereocenters. The lowest BCUT2D eigenvalue weighted by Gasteiger charge is -2.19. The third-order valence-corrected chi connectivity index (χ3v) is 1.32. The summed E-state index contributed by atoms with van der Waals surface area (Å²) >= 11 is 0. The van der Waals surface area contributed by atoms with E-state index in [-0.39, 0.29) is 5.91 Å². The highest BCUT2D eigenvalue weighted by molar-refractivity contribution is 5.81. The van der Waals surface area contributed by atoms with Crippen LogP contribution < -0.4 is 5.73 Å². The average Bonchev–Trinajstić information content (AvgIpc) is 1.84. The number of hydrogen-bond donors (Lipinski definition) is 1. The molecule has 0 rings (SSSR count). The molecule has 4 heteroatoms. The Morgan fingerprint density at radius 1 is 1.36 bits per heavy atom. The molecule has 1 atom stereocenters. The van der Waals surface area contributed by atoms with Crippen LogP contribution in [0.15, 0.2) is 0 Å². The van der Waals surface area contributed by atoms with Gasteiger partial charge in [-0.25, -0.2) is 0 Å². The number of likely N-dealkylation sites (N-methyl/N-ethyl adjacent to an activating group) is 2. The fraction of sp³-hybridized carbons (Fsp3) is 0.857. The molecule has 0 spiro atoms. The van der Waals surface area contributed by atoms with Crippen LogP contribution in [0.2, 0.25) is 0 Å². The van der Waals surface area contributed by atoms with Crippen molar-refractivity contribution in [2.75, 3.05) is 34.7 Å². The van der Waals surface area contributed by atoms with Crippen molar-refractivity contribution in [3.63, 3.8) is 0 Å². The Morgan fingerprint density at radius 2 is 1.82 bits per heavy atom. The van der Waals surface area contributed by atoms with Gasteiger partial charge < -0.3 is 15.5 Å². The van der Waals surface area contributed by atoms with Crippen LogP contribution in [-0.4, -0.2) is 56.5 Å². The molecule has 66 valence electrons. The standard InChI is InChI=1S/C7H17N3O/c1-9(2)5-6(8)7(11)10(3)4/h6H,5,8H2,1-4H3. The third kappa shape index (κ3) is 3.95. The molecule has 1 amide bonds. The molecule has 0 aliphatic heterocycles. The van der Waals surface area contributed by atoms with E-state index in [0.29, 0.717) is 6.54 Å². The Bertz CT molecular complexity index is 134. The van der Waals surface area contributed by atoms with Gasteiger partial charge >= 0.3 is 0 Å².